The van der Waals surface area contributed by atoms with Gasteiger partial charge in [-0.25, -0.2) is 10.2 Å². The van der Waals surface area contributed by atoms with Crippen molar-refractivity contribution in [3.8, 4) is 17.2 Å². The van der Waals surface area contributed by atoms with Crippen LogP contribution < -0.4 is 19.6 Å². The Hall–Kier alpha value is -3.65. The zero-order valence-corrected chi connectivity index (χ0v) is 18.5. The van der Waals surface area contributed by atoms with Crippen molar-refractivity contribution in [2.75, 3.05) is 13.2 Å². The first-order valence-corrected chi connectivity index (χ1v) is 11.1. The highest BCUT2D eigenvalue weighted by molar-refractivity contribution is 7.12. The predicted molar refractivity (Wildman–Crippen MR) is 124 cm³/mol. The summed E-state index contributed by atoms with van der Waals surface area (Å²) in [5.74, 6) is 0.991. The van der Waals surface area contributed by atoms with Gasteiger partial charge in [-0.3, -0.25) is 4.79 Å². The molecule has 0 radical (unpaired) electrons. The van der Waals surface area contributed by atoms with E-state index in [0.29, 0.717) is 23.0 Å². The fourth-order valence-electron chi connectivity index (χ4n) is 2.50. The van der Waals surface area contributed by atoms with Gasteiger partial charge in [-0.15, -0.1) is 11.3 Å². The molecule has 1 aromatic heterocycles. The molecule has 0 aliphatic carbocycles. The van der Waals surface area contributed by atoms with Gasteiger partial charge < -0.3 is 14.2 Å². The van der Waals surface area contributed by atoms with Gasteiger partial charge in [-0.2, -0.15) is 5.10 Å². The lowest BCUT2D eigenvalue weighted by molar-refractivity contribution is -0.123. The summed E-state index contributed by atoms with van der Waals surface area (Å²) in [4.78, 5) is 24.4. The number of benzene rings is 2. The summed E-state index contributed by atoms with van der Waals surface area (Å²) in [5.41, 5.74) is 3.15. The van der Waals surface area contributed by atoms with E-state index in [4.69, 9.17) is 14.2 Å². The van der Waals surface area contributed by atoms with Crippen LogP contribution in [0.15, 0.2) is 71.1 Å². The van der Waals surface area contributed by atoms with Crippen molar-refractivity contribution in [3.05, 3.63) is 76.5 Å². The number of ether oxygens (including phenoxy) is 3. The maximum absolute atomic E-state index is 11.9. The number of esters is 1. The van der Waals surface area contributed by atoms with Crippen molar-refractivity contribution in [2.24, 2.45) is 5.10 Å². The maximum Gasteiger partial charge on any atom is 0.353 e. The molecular formula is C24H24N2O5S. The Bertz CT molecular complexity index is 1020. The third kappa shape index (κ3) is 7.55. The first-order chi connectivity index (χ1) is 15.6. The number of carbonyl (C=O) groups excluding carboxylic acids is 2. The average molecular weight is 453 g/mol. The van der Waals surface area contributed by atoms with E-state index in [1.807, 2.05) is 17.5 Å². The second-order valence-corrected chi connectivity index (χ2v) is 7.64. The maximum atomic E-state index is 11.9. The molecule has 32 heavy (non-hydrogen) atoms. The number of hydrogen-bond donors (Lipinski definition) is 1. The van der Waals surface area contributed by atoms with Crippen molar-refractivity contribution < 1.29 is 23.8 Å². The lowest BCUT2D eigenvalue weighted by Gasteiger charge is -2.08. The minimum Gasteiger partial charge on any atom is -0.494 e. The lowest BCUT2D eigenvalue weighted by atomic mass is 10.2. The highest BCUT2D eigenvalue weighted by Gasteiger charge is 2.09. The molecule has 0 saturated heterocycles. The fourth-order valence-corrected chi connectivity index (χ4v) is 3.10. The molecule has 0 aliphatic heterocycles. The Morgan fingerprint density at radius 1 is 0.969 bits per heavy atom. The second kappa shape index (κ2) is 12.3. The summed E-state index contributed by atoms with van der Waals surface area (Å²) >= 11 is 1.32. The molecule has 7 nitrogen and oxygen atoms in total. The molecule has 1 heterocycles. The Labute approximate surface area is 190 Å². The van der Waals surface area contributed by atoms with Crippen LogP contribution in [0.1, 0.15) is 35.0 Å². The monoisotopic (exact) mass is 452 g/mol. The van der Waals surface area contributed by atoms with E-state index in [0.717, 1.165) is 24.2 Å². The van der Waals surface area contributed by atoms with Crippen molar-refractivity contribution in [1.82, 2.24) is 5.43 Å². The van der Waals surface area contributed by atoms with Crippen LogP contribution in [0.4, 0.5) is 0 Å². The van der Waals surface area contributed by atoms with E-state index in [1.165, 1.54) is 17.6 Å². The number of hydrazone groups is 1. The van der Waals surface area contributed by atoms with Crippen LogP contribution >= 0.6 is 11.3 Å². The number of nitrogens with zero attached hydrogens (tertiary/aromatic N) is 1. The van der Waals surface area contributed by atoms with Crippen LogP contribution in [0.3, 0.4) is 0 Å². The zero-order valence-electron chi connectivity index (χ0n) is 17.7. The van der Waals surface area contributed by atoms with Gasteiger partial charge in [0, 0.05) is 0 Å². The van der Waals surface area contributed by atoms with Crippen LogP contribution in [0.25, 0.3) is 0 Å². The Morgan fingerprint density at radius 2 is 1.66 bits per heavy atom. The number of thiophene rings is 1. The van der Waals surface area contributed by atoms with Gasteiger partial charge in [0.05, 0.1) is 12.8 Å². The molecule has 166 valence electrons. The van der Waals surface area contributed by atoms with Gasteiger partial charge >= 0.3 is 5.97 Å². The van der Waals surface area contributed by atoms with Crippen LogP contribution in [0.2, 0.25) is 0 Å². The highest BCUT2D eigenvalue weighted by atomic mass is 32.1. The van der Waals surface area contributed by atoms with Crippen molar-refractivity contribution in [2.45, 2.75) is 19.8 Å². The minimum atomic E-state index is -0.396. The molecule has 8 heteroatoms. The SMILES string of the molecule is CCCCOc1ccc(OCC(=O)N/N=C/c2ccc(OC(=O)c3cccs3)cc2)cc1. The number of amides is 1. The highest BCUT2D eigenvalue weighted by Crippen LogP contribution is 2.18. The molecule has 0 bridgehead atoms. The van der Waals surface area contributed by atoms with Crippen LogP contribution in [0, 0.1) is 0 Å². The van der Waals surface area contributed by atoms with E-state index in [2.05, 4.69) is 17.5 Å². The Balaban J connectivity index is 1.38. The van der Waals surface area contributed by atoms with Gasteiger partial charge in [-0.05, 0) is 72.0 Å². The minimum absolute atomic E-state index is 0.162. The lowest BCUT2D eigenvalue weighted by Crippen LogP contribution is -2.24. The van der Waals surface area contributed by atoms with Gasteiger partial charge in [0.2, 0.25) is 0 Å². The Morgan fingerprint density at radius 3 is 2.31 bits per heavy atom. The standard InChI is InChI=1S/C24H24N2O5S/c1-2-3-14-29-19-10-12-20(13-11-19)30-17-23(27)26-25-16-18-6-8-21(9-7-18)31-24(28)22-5-4-15-32-22/h4-13,15-16H,2-3,14,17H2,1H3,(H,26,27)/b25-16+. The summed E-state index contributed by atoms with van der Waals surface area (Å²) < 4.78 is 16.3. The van der Waals surface area contributed by atoms with E-state index in [1.54, 1.807) is 48.5 Å². The summed E-state index contributed by atoms with van der Waals surface area (Å²) in [6.07, 6.45) is 3.58. The molecule has 3 aromatic rings. The summed E-state index contributed by atoms with van der Waals surface area (Å²) in [6.45, 7) is 2.63. The molecule has 2 aromatic carbocycles. The summed E-state index contributed by atoms with van der Waals surface area (Å²) in [7, 11) is 0. The normalized spacial score (nSPS) is 10.7. The quantitative estimate of drug-likeness (QED) is 0.150. The molecular weight excluding hydrogens is 428 g/mol. The molecule has 1 amide bonds. The third-order valence-electron chi connectivity index (χ3n) is 4.18. The van der Waals surface area contributed by atoms with Gasteiger partial charge in [-0.1, -0.05) is 19.4 Å². The first-order valence-electron chi connectivity index (χ1n) is 10.2. The topological polar surface area (TPSA) is 86.2 Å². The molecule has 0 fully saturated rings. The van der Waals surface area contributed by atoms with Crippen molar-refractivity contribution >= 4 is 29.4 Å². The zero-order chi connectivity index (χ0) is 22.6. The third-order valence-corrected chi connectivity index (χ3v) is 5.03. The number of carbonyl (C=O) groups is 2. The van der Waals surface area contributed by atoms with E-state index in [9.17, 15) is 9.59 Å². The smallest absolute Gasteiger partial charge is 0.353 e. The molecule has 0 aliphatic rings. The van der Waals surface area contributed by atoms with Crippen LogP contribution in [-0.4, -0.2) is 31.3 Å². The number of nitrogens with one attached hydrogen (secondary N) is 1. The average Bonchev–Trinajstić information content (AvgIpc) is 3.35. The number of rotatable bonds is 11. The molecule has 0 unspecified atom stereocenters. The Kier molecular flexibility index (Phi) is 8.82. The number of unbranched alkanes of at least 4 members (excludes halogenated alkanes) is 1. The first kappa shape index (κ1) is 23.0. The molecule has 1 N–H and O–H groups in total. The fraction of sp³-hybridized carbons (Fsp3) is 0.208. The molecule has 0 atom stereocenters. The largest absolute Gasteiger partial charge is 0.494 e. The van der Waals surface area contributed by atoms with Crippen LogP contribution in [0.5, 0.6) is 17.2 Å². The second-order valence-electron chi connectivity index (χ2n) is 6.69. The van der Waals surface area contributed by atoms with E-state index < -0.39 is 5.97 Å². The summed E-state index contributed by atoms with van der Waals surface area (Å²) in [5, 5.41) is 5.73. The van der Waals surface area contributed by atoms with Crippen molar-refractivity contribution in [1.29, 1.82) is 0 Å². The molecule has 0 spiro atoms. The van der Waals surface area contributed by atoms with Gasteiger partial charge in [0.1, 0.15) is 22.1 Å². The predicted octanol–water partition coefficient (Wildman–Crippen LogP) is 4.68. The van der Waals surface area contributed by atoms with E-state index >= 15 is 0 Å². The van der Waals surface area contributed by atoms with Gasteiger partial charge in [0.25, 0.3) is 5.91 Å². The van der Waals surface area contributed by atoms with Crippen LogP contribution in [-0.2, 0) is 4.79 Å². The summed E-state index contributed by atoms with van der Waals surface area (Å²) in [6, 6.07) is 17.4. The molecule has 3 rings (SSSR count). The number of hydrogen-bond acceptors (Lipinski definition) is 7. The van der Waals surface area contributed by atoms with E-state index in [-0.39, 0.29) is 12.5 Å². The van der Waals surface area contributed by atoms with Crippen molar-refractivity contribution in [3.63, 3.8) is 0 Å². The van der Waals surface area contributed by atoms with Gasteiger partial charge in [0.15, 0.2) is 6.61 Å². The molecule has 0 saturated carbocycles.